The Bertz CT molecular complexity index is 570. The lowest BCUT2D eigenvalue weighted by Crippen LogP contribution is -2.30. The minimum Gasteiger partial charge on any atom is -0.369 e. The molecule has 0 radical (unpaired) electrons. The van der Waals surface area contributed by atoms with Crippen molar-refractivity contribution in [2.24, 2.45) is 5.73 Å². The Balaban J connectivity index is 2.01. The molecule has 1 heterocycles. The van der Waals surface area contributed by atoms with Crippen molar-refractivity contribution in [3.63, 3.8) is 0 Å². The molecule has 1 aliphatic rings. The molecular formula is C14H13N3O. The lowest BCUT2D eigenvalue weighted by molar-refractivity contribution is -0.120. The zero-order valence-corrected chi connectivity index (χ0v) is 9.78. The molecular weight excluding hydrogens is 226 g/mol. The Hall–Kier alpha value is -2.23. The number of carbonyl (C=O) groups excluding carboxylic acids is 1. The van der Waals surface area contributed by atoms with Crippen molar-refractivity contribution >= 4 is 5.91 Å². The topological polar surface area (TPSA) is 68.9 Å². The summed E-state index contributed by atoms with van der Waals surface area (Å²) in [5.41, 5.74) is 6.93. The van der Waals surface area contributed by atoms with Gasteiger partial charge in [0.1, 0.15) is 6.33 Å². The van der Waals surface area contributed by atoms with Crippen molar-refractivity contribution in [2.45, 2.75) is 17.8 Å². The highest BCUT2D eigenvalue weighted by Crippen LogP contribution is 2.59. The third kappa shape index (κ3) is 1.49. The lowest BCUT2D eigenvalue weighted by Gasteiger charge is -2.13. The molecule has 1 aromatic carbocycles. The number of nitrogens with zero attached hydrogens (tertiary/aromatic N) is 2. The summed E-state index contributed by atoms with van der Waals surface area (Å²) in [7, 11) is 0. The fraction of sp³-hybridized carbons (Fsp3) is 0.214. The van der Waals surface area contributed by atoms with Crippen molar-refractivity contribution in [3.05, 3.63) is 60.2 Å². The van der Waals surface area contributed by atoms with E-state index in [0.29, 0.717) is 0 Å². The summed E-state index contributed by atoms with van der Waals surface area (Å²) >= 11 is 0. The van der Waals surface area contributed by atoms with Crippen LogP contribution in [0.5, 0.6) is 0 Å². The maximum absolute atomic E-state index is 11.8. The number of hydrogen-bond acceptors (Lipinski definition) is 3. The molecule has 90 valence electrons. The van der Waals surface area contributed by atoms with Crippen LogP contribution in [-0.2, 0) is 10.2 Å². The van der Waals surface area contributed by atoms with Crippen molar-refractivity contribution in [1.29, 1.82) is 0 Å². The smallest absolute Gasteiger partial charge is 0.228 e. The molecule has 0 saturated heterocycles. The summed E-state index contributed by atoms with van der Waals surface area (Å²) in [6, 6.07) is 9.96. The lowest BCUT2D eigenvalue weighted by atomic mass is 9.92. The minimum atomic E-state index is -0.622. The van der Waals surface area contributed by atoms with Gasteiger partial charge in [-0.25, -0.2) is 9.97 Å². The van der Waals surface area contributed by atoms with E-state index < -0.39 is 5.41 Å². The van der Waals surface area contributed by atoms with E-state index in [1.165, 1.54) is 6.33 Å². The van der Waals surface area contributed by atoms with Crippen LogP contribution in [0.15, 0.2) is 49.1 Å². The van der Waals surface area contributed by atoms with Crippen LogP contribution in [0.3, 0.4) is 0 Å². The number of aromatic nitrogens is 2. The maximum Gasteiger partial charge on any atom is 0.228 e. The molecule has 1 fully saturated rings. The number of rotatable bonds is 3. The number of hydrogen-bond donors (Lipinski definition) is 1. The molecule has 2 N–H and O–H groups in total. The number of primary amides is 1. The zero-order valence-electron chi connectivity index (χ0n) is 9.78. The first-order valence-corrected chi connectivity index (χ1v) is 5.85. The third-order valence-corrected chi connectivity index (χ3v) is 3.68. The van der Waals surface area contributed by atoms with Crippen LogP contribution in [-0.4, -0.2) is 15.9 Å². The summed E-state index contributed by atoms with van der Waals surface area (Å²) in [4.78, 5) is 19.8. The van der Waals surface area contributed by atoms with Gasteiger partial charge in [-0.3, -0.25) is 4.79 Å². The van der Waals surface area contributed by atoms with E-state index in [2.05, 4.69) is 9.97 Å². The fourth-order valence-electron chi connectivity index (χ4n) is 2.61. The first-order valence-electron chi connectivity index (χ1n) is 5.85. The van der Waals surface area contributed by atoms with Crippen molar-refractivity contribution in [1.82, 2.24) is 9.97 Å². The van der Waals surface area contributed by atoms with Crippen molar-refractivity contribution in [3.8, 4) is 0 Å². The number of nitrogens with two attached hydrogens (primary N) is 1. The number of carbonyl (C=O) groups is 1. The predicted octanol–water partition coefficient (Wildman–Crippen LogP) is 1.39. The zero-order chi connectivity index (χ0) is 12.6. The second-order valence-corrected chi connectivity index (χ2v) is 4.63. The van der Waals surface area contributed by atoms with Gasteiger partial charge < -0.3 is 5.73 Å². The quantitative estimate of drug-likeness (QED) is 0.879. The van der Waals surface area contributed by atoms with Gasteiger partial charge in [-0.15, -0.1) is 0 Å². The highest BCUT2D eigenvalue weighted by molar-refractivity contribution is 5.92. The van der Waals surface area contributed by atoms with E-state index in [0.717, 1.165) is 17.5 Å². The summed E-state index contributed by atoms with van der Waals surface area (Å²) in [6.45, 7) is 0. The Morgan fingerprint density at radius 3 is 2.50 bits per heavy atom. The standard InChI is InChI=1S/C14H13N3O/c15-13(18)14(11-7-16-9-17-8-11)6-12(14)10-4-2-1-3-5-10/h1-5,7-9,12H,6H2,(H2,15,18). The Morgan fingerprint density at radius 1 is 1.22 bits per heavy atom. The van der Waals surface area contributed by atoms with Crippen LogP contribution >= 0.6 is 0 Å². The Labute approximate surface area is 105 Å². The highest BCUT2D eigenvalue weighted by Gasteiger charge is 2.61. The second kappa shape index (κ2) is 3.91. The third-order valence-electron chi connectivity index (χ3n) is 3.68. The second-order valence-electron chi connectivity index (χ2n) is 4.63. The molecule has 2 atom stereocenters. The van der Waals surface area contributed by atoms with Crippen LogP contribution in [0.25, 0.3) is 0 Å². The maximum atomic E-state index is 11.8. The highest BCUT2D eigenvalue weighted by atomic mass is 16.1. The Kier molecular flexibility index (Phi) is 2.37. The summed E-state index contributed by atoms with van der Waals surface area (Å²) < 4.78 is 0. The normalized spacial score (nSPS) is 25.7. The molecule has 3 rings (SSSR count). The van der Waals surface area contributed by atoms with Gasteiger partial charge in [0, 0.05) is 23.9 Å². The molecule has 4 heteroatoms. The van der Waals surface area contributed by atoms with Crippen molar-refractivity contribution in [2.75, 3.05) is 0 Å². The molecule has 0 spiro atoms. The largest absolute Gasteiger partial charge is 0.369 e. The molecule has 2 unspecified atom stereocenters. The van der Waals surface area contributed by atoms with E-state index in [9.17, 15) is 4.79 Å². The SMILES string of the molecule is NC(=O)C1(c2cncnc2)CC1c1ccccc1. The summed E-state index contributed by atoms with van der Waals surface area (Å²) in [6.07, 6.45) is 5.55. The van der Waals surface area contributed by atoms with Crippen LogP contribution in [0.4, 0.5) is 0 Å². The molecule has 0 aliphatic heterocycles. The van der Waals surface area contributed by atoms with Crippen LogP contribution < -0.4 is 5.73 Å². The predicted molar refractivity (Wildman–Crippen MR) is 66.7 cm³/mol. The minimum absolute atomic E-state index is 0.141. The van der Waals surface area contributed by atoms with E-state index >= 15 is 0 Å². The molecule has 4 nitrogen and oxygen atoms in total. The average molecular weight is 239 g/mol. The van der Waals surface area contributed by atoms with Crippen LogP contribution in [0.1, 0.15) is 23.5 Å². The Morgan fingerprint density at radius 2 is 1.89 bits per heavy atom. The fourth-order valence-corrected chi connectivity index (χ4v) is 2.61. The van der Waals surface area contributed by atoms with Crippen LogP contribution in [0.2, 0.25) is 0 Å². The molecule has 2 aromatic rings. The van der Waals surface area contributed by atoms with Gasteiger partial charge in [0.05, 0.1) is 5.41 Å². The van der Waals surface area contributed by atoms with Gasteiger partial charge >= 0.3 is 0 Å². The monoisotopic (exact) mass is 239 g/mol. The van der Waals surface area contributed by atoms with Gasteiger partial charge in [-0.1, -0.05) is 30.3 Å². The van der Waals surface area contributed by atoms with E-state index in [-0.39, 0.29) is 11.8 Å². The molecule has 1 saturated carbocycles. The average Bonchev–Trinajstić information content (AvgIpc) is 3.18. The van der Waals surface area contributed by atoms with E-state index in [4.69, 9.17) is 5.73 Å². The van der Waals surface area contributed by atoms with E-state index in [1.54, 1.807) is 12.4 Å². The van der Waals surface area contributed by atoms with Gasteiger partial charge in [0.25, 0.3) is 0 Å². The van der Waals surface area contributed by atoms with Gasteiger partial charge in [-0.2, -0.15) is 0 Å². The van der Waals surface area contributed by atoms with Gasteiger partial charge in [-0.05, 0) is 12.0 Å². The molecule has 1 amide bonds. The van der Waals surface area contributed by atoms with E-state index in [1.807, 2.05) is 30.3 Å². The summed E-state index contributed by atoms with van der Waals surface area (Å²) in [5, 5.41) is 0. The number of amides is 1. The first-order chi connectivity index (χ1) is 8.75. The van der Waals surface area contributed by atoms with Crippen LogP contribution in [0, 0.1) is 0 Å². The van der Waals surface area contributed by atoms with Gasteiger partial charge in [0.15, 0.2) is 0 Å². The molecule has 18 heavy (non-hydrogen) atoms. The number of benzene rings is 1. The van der Waals surface area contributed by atoms with Gasteiger partial charge in [0.2, 0.25) is 5.91 Å². The van der Waals surface area contributed by atoms with Crippen molar-refractivity contribution < 1.29 is 4.79 Å². The first kappa shape index (κ1) is 10.9. The molecule has 0 bridgehead atoms. The molecule has 1 aliphatic carbocycles. The molecule has 1 aromatic heterocycles. The summed E-state index contributed by atoms with van der Waals surface area (Å²) in [5.74, 6) is -0.159.